The summed E-state index contributed by atoms with van der Waals surface area (Å²) in [6.45, 7) is -2.99. The Bertz CT molecular complexity index is 945. The molecule has 0 aliphatic carbocycles. The molecule has 0 heterocycles. The lowest BCUT2D eigenvalue weighted by Gasteiger charge is -2.17. The number of benzene rings is 2. The fraction of sp³-hybridized carbons (Fsp3) is 0.238. The van der Waals surface area contributed by atoms with E-state index in [1.165, 1.54) is 55.5 Å². The van der Waals surface area contributed by atoms with Gasteiger partial charge in [0.2, 0.25) is 5.91 Å². The first-order valence-corrected chi connectivity index (χ1v) is 8.77. The Balaban J connectivity index is 2.32. The quantitative estimate of drug-likeness (QED) is 0.660. The fourth-order valence-corrected chi connectivity index (χ4v) is 2.56. The molecule has 2 aromatic carbocycles. The van der Waals surface area contributed by atoms with Crippen molar-refractivity contribution in [3.8, 4) is 17.2 Å². The molecule has 0 bridgehead atoms. The van der Waals surface area contributed by atoms with E-state index in [1.807, 2.05) is 0 Å². The van der Waals surface area contributed by atoms with Gasteiger partial charge in [-0.15, -0.1) is 0 Å². The number of ether oxygens (including phenoxy) is 3. The largest absolute Gasteiger partial charge is 0.493 e. The smallest absolute Gasteiger partial charge is 0.387 e. The summed E-state index contributed by atoms with van der Waals surface area (Å²) in [7, 11) is 6.01. The summed E-state index contributed by atoms with van der Waals surface area (Å²) < 4.78 is 39.9. The number of amides is 2. The lowest BCUT2D eigenvalue weighted by Crippen LogP contribution is -2.24. The molecule has 7 nitrogen and oxygen atoms in total. The third-order valence-corrected chi connectivity index (χ3v) is 3.97. The second-order valence-corrected chi connectivity index (χ2v) is 6.19. The van der Waals surface area contributed by atoms with Gasteiger partial charge < -0.3 is 24.4 Å². The van der Waals surface area contributed by atoms with Gasteiger partial charge in [0.05, 0.1) is 25.5 Å². The Hall–Kier alpha value is -3.62. The second-order valence-electron chi connectivity index (χ2n) is 6.19. The zero-order chi connectivity index (χ0) is 22.3. The molecule has 0 atom stereocenters. The van der Waals surface area contributed by atoms with E-state index in [2.05, 4.69) is 10.1 Å². The summed E-state index contributed by atoms with van der Waals surface area (Å²) in [4.78, 5) is 26.3. The fourth-order valence-electron chi connectivity index (χ4n) is 2.56. The van der Waals surface area contributed by atoms with Crippen molar-refractivity contribution in [2.24, 2.45) is 0 Å². The highest BCUT2D eigenvalue weighted by Gasteiger charge is 2.19. The Morgan fingerprint density at radius 3 is 2.27 bits per heavy atom. The molecule has 0 aliphatic rings. The number of para-hydroxylation sites is 1. The van der Waals surface area contributed by atoms with Crippen LogP contribution in [0.2, 0.25) is 0 Å². The number of anilines is 1. The van der Waals surface area contributed by atoms with E-state index in [0.717, 1.165) is 6.08 Å². The predicted molar refractivity (Wildman–Crippen MR) is 108 cm³/mol. The van der Waals surface area contributed by atoms with Crippen LogP contribution in [0.4, 0.5) is 14.5 Å². The Morgan fingerprint density at radius 2 is 1.67 bits per heavy atom. The zero-order valence-corrected chi connectivity index (χ0v) is 16.9. The number of halogens is 2. The number of carbonyl (C=O) groups excluding carboxylic acids is 2. The van der Waals surface area contributed by atoms with Crippen molar-refractivity contribution in [2.75, 3.05) is 33.6 Å². The molecule has 0 aliphatic heterocycles. The van der Waals surface area contributed by atoms with Gasteiger partial charge >= 0.3 is 6.61 Å². The highest BCUT2D eigenvalue weighted by atomic mass is 19.3. The molecule has 2 aromatic rings. The van der Waals surface area contributed by atoms with Gasteiger partial charge in [0.15, 0.2) is 11.5 Å². The molecule has 0 unspecified atom stereocenters. The van der Waals surface area contributed by atoms with Crippen LogP contribution < -0.4 is 19.5 Å². The molecule has 1 N–H and O–H groups in total. The van der Waals surface area contributed by atoms with Gasteiger partial charge in [-0.25, -0.2) is 0 Å². The van der Waals surface area contributed by atoms with E-state index in [0.29, 0.717) is 17.1 Å². The molecule has 9 heteroatoms. The van der Waals surface area contributed by atoms with Crippen molar-refractivity contribution in [3.63, 3.8) is 0 Å². The van der Waals surface area contributed by atoms with Crippen molar-refractivity contribution >= 4 is 23.6 Å². The summed E-state index contributed by atoms with van der Waals surface area (Å²) in [5.74, 6) is -0.351. The van der Waals surface area contributed by atoms with Crippen molar-refractivity contribution in [1.29, 1.82) is 0 Å². The maximum atomic E-state index is 12.5. The number of hydrogen-bond donors (Lipinski definition) is 1. The highest BCUT2D eigenvalue weighted by molar-refractivity contribution is 6.08. The third-order valence-electron chi connectivity index (χ3n) is 3.97. The molecule has 0 saturated heterocycles. The van der Waals surface area contributed by atoms with Crippen LogP contribution in [-0.4, -0.2) is 51.6 Å². The average molecular weight is 420 g/mol. The minimum atomic E-state index is -2.99. The Labute approximate surface area is 172 Å². The topological polar surface area (TPSA) is 77.1 Å². The number of rotatable bonds is 8. The average Bonchev–Trinajstić information content (AvgIpc) is 2.71. The number of nitrogens with one attached hydrogen (secondary N) is 1. The first-order valence-electron chi connectivity index (χ1n) is 8.77. The van der Waals surface area contributed by atoms with Crippen LogP contribution in [-0.2, 0) is 4.79 Å². The van der Waals surface area contributed by atoms with E-state index in [4.69, 9.17) is 9.47 Å². The minimum Gasteiger partial charge on any atom is -0.493 e. The summed E-state index contributed by atoms with van der Waals surface area (Å²) in [5, 5.41) is 2.61. The van der Waals surface area contributed by atoms with E-state index < -0.39 is 12.5 Å². The lowest BCUT2D eigenvalue weighted by atomic mass is 10.1. The predicted octanol–water partition coefficient (Wildman–Crippen LogP) is 3.66. The van der Waals surface area contributed by atoms with Crippen LogP contribution in [0.15, 0.2) is 42.5 Å². The molecule has 2 rings (SSSR count). The third kappa shape index (κ3) is 5.69. The van der Waals surface area contributed by atoms with Gasteiger partial charge in [0.25, 0.3) is 5.91 Å². The summed E-state index contributed by atoms with van der Waals surface area (Å²) in [6, 6.07) is 8.99. The lowest BCUT2D eigenvalue weighted by molar-refractivity contribution is -0.111. The molecule has 0 radical (unpaired) electrons. The molecule has 0 aromatic heterocycles. The first-order chi connectivity index (χ1) is 14.3. The van der Waals surface area contributed by atoms with E-state index in [1.54, 1.807) is 20.2 Å². The number of alkyl halides is 2. The van der Waals surface area contributed by atoms with Crippen molar-refractivity contribution in [3.05, 3.63) is 53.6 Å². The molecule has 30 heavy (non-hydrogen) atoms. The SMILES string of the molecule is COc1cc(NC(=O)/C=C/c2ccccc2OC(F)F)c(C(=O)N(C)C)cc1OC. The van der Waals surface area contributed by atoms with Crippen molar-refractivity contribution in [1.82, 2.24) is 4.90 Å². The Kier molecular flexibility index (Phi) is 7.74. The summed E-state index contributed by atoms with van der Waals surface area (Å²) >= 11 is 0. The molecule has 0 spiro atoms. The van der Waals surface area contributed by atoms with Crippen LogP contribution in [0.1, 0.15) is 15.9 Å². The highest BCUT2D eigenvalue weighted by Crippen LogP contribution is 2.34. The maximum absolute atomic E-state index is 12.5. The van der Waals surface area contributed by atoms with Crippen LogP contribution in [0.5, 0.6) is 17.2 Å². The van der Waals surface area contributed by atoms with Gasteiger partial charge in [0.1, 0.15) is 5.75 Å². The molecule has 2 amide bonds. The van der Waals surface area contributed by atoms with Crippen LogP contribution in [0.25, 0.3) is 6.08 Å². The number of nitrogens with zero attached hydrogens (tertiary/aromatic N) is 1. The van der Waals surface area contributed by atoms with Crippen molar-refractivity contribution < 1.29 is 32.6 Å². The monoisotopic (exact) mass is 420 g/mol. The van der Waals surface area contributed by atoms with Gasteiger partial charge in [-0.1, -0.05) is 18.2 Å². The van der Waals surface area contributed by atoms with Gasteiger partial charge in [-0.2, -0.15) is 8.78 Å². The van der Waals surface area contributed by atoms with E-state index in [-0.39, 0.29) is 22.9 Å². The molecule has 0 fully saturated rings. The van der Waals surface area contributed by atoms with Gasteiger partial charge in [-0.05, 0) is 18.2 Å². The van der Waals surface area contributed by atoms with E-state index >= 15 is 0 Å². The van der Waals surface area contributed by atoms with Gasteiger partial charge in [-0.3, -0.25) is 9.59 Å². The minimum absolute atomic E-state index is 0.0638. The molecule has 0 saturated carbocycles. The number of methoxy groups -OCH3 is 2. The zero-order valence-electron chi connectivity index (χ0n) is 16.9. The number of hydrogen-bond acceptors (Lipinski definition) is 5. The standard InChI is InChI=1S/C21H22F2N2O5/c1-25(2)20(27)14-11-17(28-3)18(29-4)12-15(14)24-19(26)10-9-13-7-5-6-8-16(13)30-21(22)23/h5-12,21H,1-4H3,(H,24,26)/b10-9+. The first kappa shape index (κ1) is 22.7. The maximum Gasteiger partial charge on any atom is 0.387 e. The summed E-state index contributed by atoms with van der Waals surface area (Å²) in [5.41, 5.74) is 0.698. The van der Waals surface area contributed by atoms with Gasteiger partial charge in [0, 0.05) is 31.8 Å². The van der Waals surface area contributed by atoms with Crippen LogP contribution >= 0.6 is 0 Å². The second kappa shape index (κ2) is 10.2. The summed E-state index contributed by atoms with van der Waals surface area (Å²) in [6.07, 6.45) is 2.48. The van der Waals surface area contributed by atoms with Crippen LogP contribution in [0.3, 0.4) is 0 Å². The normalized spacial score (nSPS) is 10.8. The van der Waals surface area contributed by atoms with Crippen molar-refractivity contribution in [2.45, 2.75) is 6.61 Å². The molecular formula is C21H22F2N2O5. The van der Waals surface area contributed by atoms with Crippen LogP contribution in [0, 0.1) is 0 Å². The molecular weight excluding hydrogens is 398 g/mol. The molecule has 160 valence electrons. The Morgan fingerprint density at radius 1 is 1.03 bits per heavy atom. The van der Waals surface area contributed by atoms with E-state index in [9.17, 15) is 18.4 Å². The number of carbonyl (C=O) groups is 2.